The van der Waals surface area contributed by atoms with E-state index < -0.39 is 0 Å². The molecule has 0 radical (unpaired) electrons. The van der Waals surface area contributed by atoms with Gasteiger partial charge in [-0.05, 0) is 34.7 Å². The van der Waals surface area contributed by atoms with Gasteiger partial charge in [0.15, 0.2) is 0 Å². The molecule has 0 aliphatic carbocycles. The molecule has 32 heavy (non-hydrogen) atoms. The van der Waals surface area contributed by atoms with Gasteiger partial charge >= 0.3 is 0 Å². The van der Waals surface area contributed by atoms with E-state index >= 15 is 0 Å². The lowest BCUT2D eigenvalue weighted by atomic mass is 10.1. The van der Waals surface area contributed by atoms with Crippen LogP contribution < -0.4 is 9.47 Å². The fourth-order valence-electron chi connectivity index (χ4n) is 3.49. The molecule has 0 saturated heterocycles. The number of nitrogens with zero attached hydrogens (tertiary/aromatic N) is 1. The van der Waals surface area contributed by atoms with Crippen molar-refractivity contribution >= 4 is 33.0 Å². The first-order valence-electron chi connectivity index (χ1n) is 10.3. The molecule has 158 valence electrons. The van der Waals surface area contributed by atoms with Crippen molar-refractivity contribution in [1.82, 2.24) is 4.98 Å². The molecular formula is C27H20ClNO2S. The summed E-state index contributed by atoms with van der Waals surface area (Å²) in [5.74, 6) is 1.08. The first-order valence-corrected chi connectivity index (χ1v) is 11.5. The van der Waals surface area contributed by atoms with Crippen molar-refractivity contribution in [1.29, 1.82) is 0 Å². The van der Waals surface area contributed by atoms with Gasteiger partial charge in [-0.1, -0.05) is 78.3 Å². The number of ether oxygens (including phenoxy) is 2. The molecule has 0 unspecified atom stereocenters. The summed E-state index contributed by atoms with van der Waals surface area (Å²) < 4.78 is 13.3. The Balaban J connectivity index is 1.48. The standard InChI is InChI=1S/C27H20ClNO2S/c28-21-11-12-22-24(18-32-25(22)15-21)23-13-14-26(30-16-19-7-3-1-4-8-19)29-27(23)31-17-20-9-5-2-6-10-20/h1-15,18H,16-17H2. The zero-order valence-corrected chi connectivity index (χ0v) is 18.8. The van der Waals surface area contributed by atoms with Crippen molar-refractivity contribution in [3.8, 4) is 22.9 Å². The van der Waals surface area contributed by atoms with E-state index in [2.05, 4.69) is 5.38 Å². The second-order valence-corrected chi connectivity index (χ2v) is 8.69. The Hall–Kier alpha value is -3.34. The second kappa shape index (κ2) is 9.43. The lowest BCUT2D eigenvalue weighted by Gasteiger charge is -2.13. The number of aromatic nitrogens is 1. The minimum atomic E-state index is 0.427. The Labute approximate surface area is 195 Å². The molecule has 5 aromatic rings. The first kappa shape index (κ1) is 20.6. The summed E-state index contributed by atoms with van der Waals surface area (Å²) in [5.41, 5.74) is 4.18. The van der Waals surface area contributed by atoms with E-state index in [9.17, 15) is 0 Å². The third kappa shape index (κ3) is 4.62. The number of rotatable bonds is 7. The van der Waals surface area contributed by atoms with Crippen LogP contribution in [0, 0.1) is 0 Å². The van der Waals surface area contributed by atoms with Crippen LogP contribution in [0.25, 0.3) is 21.2 Å². The van der Waals surface area contributed by atoms with Crippen LogP contribution >= 0.6 is 22.9 Å². The van der Waals surface area contributed by atoms with Gasteiger partial charge in [0.25, 0.3) is 0 Å². The summed E-state index contributed by atoms with van der Waals surface area (Å²) in [6.45, 7) is 0.877. The van der Waals surface area contributed by atoms with Crippen LogP contribution in [0.1, 0.15) is 11.1 Å². The number of fused-ring (bicyclic) bond motifs is 1. The molecular weight excluding hydrogens is 438 g/mol. The number of hydrogen-bond acceptors (Lipinski definition) is 4. The molecule has 0 N–H and O–H groups in total. The van der Waals surface area contributed by atoms with E-state index in [1.807, 2.05) is 91.0 Å². The highest BCUT2D eigenvalue weighted by Crippen LogP contribution is 2.40. The maximum absolute atomic E-state index is 6.20. The van der Waals surface area contributed by atoms with Gasteiger partial charge in [-0.3, -0.25) is 0 Å². The topological polar surface area (TPSA) is 31.4 Å². The predicted octanol–water partition coefficient (Wildman–Crippen LogP) is 7.77. The van der Waals surface area contributed by atoms with Gasteiger partial charge < -0.3 is 9.47 Å². The SMILES string of the molecule is Clc1ccc2c(-c3ccc(OCc4ccccc4)nc3OCc3ccccc3)csc2c1. The highest BCUT2D eigenvalue weighted by atomic mass is 35.5. The molecule has 2 heterocycles. The number of halogens is 1. The summed E-state index contributed by atoms with van der Waals surface area (Å²) in [6.07, 6.45) is 0. The molecule has 3 nitrogen and oxygen atoms in total. The maximum atomic E-state index is 6.20. The van der Waals surface area contributed by atoms with Crippen molar-refractivity contribution in [2.45, 2.75) is 13.2 Å². The largest absolute Gasteiger partial charge is 0.473 e. The summed E-state index contributed by atoms with van der Waals surface area (Å²) in [4.78, 5) is 4.72. The Morgan fingerprint density at radius 1 is 0.719 bits per heavy atom. The third-order valence-corrected chi connectivity index (χ3v) is 6.29. The van der Waals surface area contributed by atoms with Crippen LogP contribution in [-0.2, 0) is 13.2 Å². The van der Waals surface area contributed by atoms with E-state index in [0.29, 0.717) is 25.0 Å². The van der Waals surface area contributed by atoms with E-state index in [-0.39, 0.29) is 0 Å². The minimum absolute atomic E-state index is 0.427. The van der Waals surface area contributed by atoms with Crippen molar-refractivity contribution in [2.75, 3.05) is 0 Å². The Morgan fingerprint density at radius 2 is 1.41 bits per heavy atom. The van der Waals surface area contributed by atoms with Gasteiger partial charge in [-0.25, -0.2) is 0 Å². The zero-order valence-electron chi connectivity index (χ0n) is 17.2. The second-order valence-electron chi connectivity index (χ2n) is 7.34. The zero-order chi connectivity index (χ0) is 21.8. The van der Waals surface area contributed by atoms with Crippen molar-refractivity contribution < 1.29 is 9.47 Å². The van der Waals surface area contributed by atoms with Gasteiger partial charge in [-0.15, -0.1) is 11.3 Å². The quantitative estimate of drug-likeness (QED) is 0.250. The lowest BCUT2D eigenvalue weighted by Crippen LogP contribution is -2.02. The Bertz CT molecular complexity index is 1340. The molecule has 0 saturated carbocycles. The molecule has 2 aromatic heterocycles. The van der Waals surface area contributed by atoms with Crippen molar-refractivity contribution in [3.63, 3.8) is 0 Å². The molecule has 0 atom stereocenters. The van der Waals surface area contributed by atoms with Gasteiger partial charge in [0.2, 0.25) is 11.8 Å². The Morgan fingerprint density at radius 3 is 2.12 bits per heavy atom. The van der Waals surface area contributed by atoms with Gasteiger partial charge in [-0.2, -0.15) is 4.98 Å². The van der Waals surface area contributed by atoms with E-state index in [1.54, 1.807) is 11.3 Å². The van der Waals surface area contributed by atoms with Gasteiger partial charge in [0, 0.05) is 32.3 Å². The molecule has 5 rings (SSSR count). The molecule has 0 amide bonds. The van der Waals surface area contributed by atoms with Crippen LogP contribution in [-0.4, -0.2) is 4.98 Å². The maximum Gasteiger partial charge on any atom is 0.225 e. The highest BCUT2D eigenvalue weighted by molar-refractivity contribution is 7.17. The Kier molecular flexibility index (Phi) is 6.06. The fraction of sp³-hybridized carbons (Fsp3) is 0.0741. The minimum Gasteiger partial charge on any atom is -0.473 e. The average Bonchev–Trinajstić information content (AvgIpc) is 3.25. The number of hydrogen-bond donors (Lipinski definition) is 0. The smallest absolute Gasteiger partial charge is 0.225 e. The number of benzene rings is 3. The van der Waals surface area contributed by atoms with Crippen molar-refractivity contribution in [2.24, 2.45) is 0 Å². The van der Waals surface area contributed by atoms with Crippen LogP contribution in [0.4, 0.5) is 0 Å². The number of thiophene rings is 1. The molecule has 0 spiro atoms. The molecule has 0 fully saturated rings. The van der Waals surface area contributed by atoms with Crippen LogP contribution in [0.2, 0.25) is 5.02 Å². The molecule has 0 aliphatic rings. The molecule has 0 aliphatic heterocycles. The van der Waals surface area contributed by atoms with E-state index in [0.717, 1.165) is 37.4 Å². The lowest BCUT2D eigenvalue weighted by molar-refractivity contribution is 0.268. The number of pyridine rings is 1. The highest BCUT2D eigenvalue weighted by Gasteiger charge is 2.15. The molecule has 5 heteroatoms. The summed E-state index contributed by atoms with van der Waals surface area (Å²) in [5, 5.41) is 3.98. The van der Waals surface area contributed by atoms with Crippen LogP contribution in [0.5, 0.6) is 11.8 Å². The summed E-state index contributed by atoms with van der Waals surface area (Å²) >= 11 is 7.84. The van der Waals surface area contributed by atoms with Crippen LogP contribution in [0.3, 0.4) is 0 Å². The van der Waals surface area contributed by atoms with E-state index in [4.69, 9.17) is 26.1 Å². The molecule has 0 bridgehead atoms. The summed E-state index contributed by atoms with van der Waals surface area (Å²) in [7, 11) is 0. The normalized spacial score (nSPS) is 10.9. The fourth-order valence-corrected chi connectivity index (χ4v) is 4.72. The summed E-state index contributed by atoms with van der Waals surface area (Å²) in [6, 6.07) is 30.0. The first-order chi connectivity index (χ1) is 15.8. The average molecular weight is 458 g/mol. The van der Waals surface area contributed by atoms with E-state index in [1.165, 1.54) is 0 Å². The van der Waals surface area contributed by atoms with Gasteiger partial charge in [0.05, 0.1) is 0 Å². The van der Waals surface area contributed by atoms with Gasteiger partial charge in [0.1, 0.15) is 13.2 Å². The third-order valence-electron chi connectivity index (χ3n) is 5.11. The van der Waals surface area contributed by atoms with Crippen LogP contribution in [0.15, 0.2) is 96.4 Å². The predicted molar refractivity (Wildman–Crippen MR) is 132 cm³/mol. The monoisotopic (exact) mass is 457 g/mol. The molecule has 3 aromatic carbocycles. The van der Waals surface area contributed by atoms with Crippen molar-refractivity contribution in [3.05, 3.63) is 113 Å².